The van der Waals surface area contributed by atoms with E-state index in [1.54, 1.807) is 23.0 Å². The van der Waals surface area contributed by atoms with Crippen molar-refractivity contribution in [3.05, 3.63) is 41.4 Å². The van der Waals surface area contributed by atoms with Crippen molar-refractivity contribution < 1.29 is 19.0 Å². The number of halogens is 2. The number of nitrogens with zero attached hydrogens (tertiary/aromatic N) is 4. The highest BCUT2D eigenvalue weighted by molar-refractivity contribution is 6.30. The molecule has 1 fully saturated rings. The number of aromatic nitrogens is 4. The van der Waals surface area contributed by atoms with E-state index in [0.29, 0.717) is 40.8 Å². The molecule has 170 valence electrons. The number of pyridine rings is 1. The largest absolute Gasteiger partial charge is 0.387 e. The van der Waals surface area contributed by atoms with E-state index < -0.39 is 17.7 Å². The molecule has 2 unspecified atom stereocenters. The molecule has 11 heteroatoms. The molecule has 0 radical (unpaired) electrons. The molecule has 0 saturated carbocycles. The topological polar surface area (TPSA) is 114 Å². The SMILES string of the molecule is CC(C)(O)C(F)CNC(=O)c1cnc(-c2cnn3cc(Cl)cnc23)cc1NC1CCOC1. The van der Waals surface area contributed by atoms with Gasteiger partial charge in [0.2, 0.25) is 0 Å². The molecule has 0 aromatic carbocycles. The Morgan fingerprint density at radius 3 is 2.94 bits per heavy atom. The van der Waals surface area contributed by atoms with Crippen LogP contribution in [0.4, 0.5) is 10.1 Å². The number of nitrogens with one attached hydrogen (secondary N) is 2. The van der Waals surface area contributed by atoms with Crippen LogP contribution in [0.3, 0.4) is 0 Å². The zero-order valence-corrected chi connectivity index (χ0v) is 18.4. The molecule has 0 bridgehead atoms. The standard InChI is InChI=1S/C21H24ClFN6O3/c1-21(2,31)18(23)9-26-20(30)15-7-24-16(5-17(15)28-13-3-4-32-11-13)14-8-27-29-10-12(22)6-25-19(14)29/h5-8,10,13,18,31H,3-4,9,11H2,1-2H3,(H,24,28)(H,26,30). The number of alkyl halides is 1. The lowest BCUT2D eigenvalue weighted by Crippen LogP contribution is -2.42. The van der Waals surface area contributed by atoms with Crippen molar-refractivity contribution in [2.75, 3.05) is 25.1 Å². The van der Waals surface area contributed by atoms with Gasteiger partial charge >= 0.3 is 0 Å². The quantitative estimate of drug-likeness (QED) is 0.494. The first kappa shape index (κ1) is 22.4. The lowest BCUT2D eigenvalue weighted by atomic mass is 10.0. The lowest BCUT2D eigenvalue weighted by molar-refractivity contribution is -0.00177. The number of rotatable bonds is 7. The minimum absolute atomic E-state index is 0.0305. The fraction of sp³-hybridized carbons (Fsp3) is 0.429. The molecule has 9 nitrogen and oxygen atoms in total. The third kappa shape index (κ3) is 4.82. The Bertz CT molecular complexity index is 1130. The van der Waals surface area contributed by atoms with Gasteiger partial charge in [-0.2, -0.15) is 5.10 Å². The Hall–Kier alpha value is -2.82. The number of fused-ring (bicyclic) bond motifs is 1. The summed E-state index contributed by atoms with van der Waals surface area (Å²) in [5, 5.41) is 20.3. The van der Waals surface area contributed by atoms with E-state index in [1.807, 2.05) is 0 Å². The first-order valence-corrected chi connectivity index (χ1v) is 10.6. The Labute approximate surface area is 189 Å². The molecule has 3 N–H and O–H groups in total. The predicted molar refractivity (Wildman–Crippen MR) is 118 cm³/mol. The van der Waals surface area contributed by atoms with Gasteiger partial charge in [-0.3, -0.25) is 9.78 Å². The average molecular weight is 463 g/mol. The molecule has 32 heavy (non-hydrogen) atoms. The van der Waals surface area contributed by atoms with Crippen molar-refractivity contribution in [3.63, 3.8) is 0 Å². The highest BCUT2D eigenvalue weighted by Gasteiger charge is 2.28. The van der Waals surface area contributed by atoms with E-state index in [9.17, 15) is 14.3 Å². The van der Waals surface area contributed by atoms with Gasteiger partial charge in [-0.15, -0.1) is 0 Å². The molecule has 1 amide bonds. The van der Waals surface area contributed by atoms with Crippen molar-refractivity contribution in [2.45, 2.75) is 38.1 Å². The van der Waals surface area contributed by atoms with Crippen LogP contribution in [0.2, 0.25) is 5.02 Å². The van der Waals surface area contributed by atoms with Crippen molar-refractivity contribution in [3.8, 4) is 11.3 Å². The normalized spacial score (nSPS) is 17.5. The molecule has 4 rings (SSSR count). The lowest BCUT2D eigenvalue weighted by Gasteiger charge is -2.23. The first-order chi connectivity index (χ1) is 15.2. The van der Waals surface area contributed by atoms with Crippen LogP contribution in [0.1, 0.15) is 30.6 Å². The zero-order valence-electron chi connectivity index (χ0n) is 17.7. The summed E-state index contributed by atoms with van der Waals surface area (Å²) < 4.78 is 21.1. The summed E-state index contributed by atoms with van der Waals surface area (Å²) in [5.74, 6) is -0.498. The number of anilines is 1. The number of hydrogen-bond donors (Lipinski definition) is 3. The van der Waals surface area contributed by atoms with Gasteiger partial charge in [0.1, 0.15) is 6.17 Å². The summed E-state index contributed by atoms with van der Waals surface area (Å²) in [7, 11) is 0. The fourth-order valence-electron chi connectivity index (χ4n) is 3.33. The predicted octanol–water partition coefficient (Wildman–Crippen LogP) is 2.48. The van der Waals surface area contributed by atoms with E-state index in [4.69, 9.17) is 16.3 Å². The molecular weight excluding hydrogens is 439 g/mol. The summed E-state index contributed by atoms with van der Waals surface area (Å²) in [6, 6.07) is 1.77. The average Bonchev–Trinajstić information content (AvgIpc) is 3.40. The number of amides is 1. The van der Waals surface area contributed by atoms with Crippen LogP contribution < -0.4 is 10.6 Å². The zero-order chi connectivity index (χ0) is 22.9. The molecule has 0 spiro atoms. The third-order valence-electron chi connectivity index (χ3n) is 5.25. The number of aliphatic hydroxyl groups is 1. The third-order valence-corrected chi connectivity index (χ3v) is 5.44. The van der Waals surface area contributed by atoms with Crippen LogP contribution in [0.5, 0.6) is 0 Å². The molecule has 1 saturated heterocycles. The van der Waals surface area contributed by atoms with Crippen LogP contribution in [0.15, 0.2) is 30.9 Å². The Kier molecular flexibility index (Phi) is 6.27. The van der Waals surface area contributed by atoms with Gasteiger partial charge in [0, 0.05) is 19.0 Å². The molecule has 1 aliphatic rings. The van der Waals surface area contributed by atoms with Crippen LogP contribution in [0.25, 0.3) is 16.9 Å². The molecule has 4 heterocycles. The Morgan fingerprint density at radius 1 is 1.41 bits per heavy atom. The maximum absolute atomic E-state index is 14.1. The second kappa shape index (κ2) is 8.97. The highest BCUT2D eigenvalue weighted by atomic mass is 35.5. The monoisotopic (exact) mass is 462 g/mol. The fourth-order valence-corrected chi connectivity index (χ4v) is 3.47. The van der Waals surface area contributed by atoms with Gasteiger partial charge in [0.05, 0.1) is 64.7 Å². The van der Waals surface area contributed by atoms with Crippen LogP contribution >= 0.6 is 11.6 Å². The van der Waals surface area contributed by atoms with Gasteiger partial charge in [0.25, 0.3) is 5.91 Å². The molecule has 3 aromatic rings. The van der Waals surface area contributed by atoms with Crippen LogP contribution in [0, 0.1) is 0 Å². The van der Waals surface area contributed by atoms with Gasteiger partial charge in [-0.1, -0.05) is 11.6 Å². The number of carbonyl (C=O) groups excluding carboxylic acids is 1. The molecule has 1 aliphatic heterocycles. The van der Waals surface area contributed by atoms with Gasteiger partial charge in [-0.25, -0.2) is 13.9 Å². The van der Waals surface area contributed by atoms with E-state index in [-0.39, 0.29) is 18.2 Å². The number of hydrogen-bond acceptors (Lipinski definition) is 7. The number of ether oxygens (including phenoxy) is 1. The molecule has 3 aromatic heterocycles. The summed E-state index contributed by atoms with van der Waals surface area (Å²) in [4.78, 5) is 21.6. The van der Waals surface area contributed by atoms with Crippen molar-refractivity contribution >= 4 is 28.8 Å². The second-order valence-electron chi connectivity index (χ2n) is 8.25. The Morgan fingerprint density at radius 2 is 2.22 bits per heavy atom. The van der Waals surface area contributed by atoms with Crippen molar-refractivity contribution in [1.82, 2.24) is 24.9 Å². The van der Waals surface area contributed by atoms with Crippen molar-refractivity contribution in [2.24, 2.45) is 0 Å². The first-order valence-electron chi connectivity index (χ1n) is 10.2. The van der Waals surface area contributed by atoms with Gasteiger partial charge < -0.3 is 20.5 Å². The molecular formula is C21H24ClFN6O3. The van der Waals surface area contributed by atoms with Crippen LogP contribution in [-0.2, 0) is 4.74 Å². The maximum atomic E-state index is 14.1. The Balaban J connectivity index is 1.64. The molecule has 2 atom stereocenters. The smallest absolute Gasteiger partial charge is 0.255 e. The van der Waals surface area contributed by atoms with E-state index in [1.165, 1.54) is 26.2 Å². The summed E-state index contributed by atoms with van der Waals surface area (Å²) >= 11 is 5.98. The minimum atomic E-state index is -1.62. The number of carbonyl (C=O) groups is 1. The maximum Gasteiger partial charge on any atom is 0.255 e. The molecule has 0 aliphatic carbocycles. The summed E-state index contributed by atoms with van der Waals surface area (Å²) in [6.45, 7) is 3.52. The van der Waals surface area contributed by atoms with E-state index >= 15 is 0 Å². The van der Waals surface area contributed by atoms with Gasteiger partial charge in [-0.05, 0) is 26.3 Å². The summed E-state index contributed by atoms with van der Waals surface area (Å²) in [6.07, 6.45) is 5.39. The minimum Gasteiger partial charge on any atom is -0.387 e. The van der Waals surface area contributed by atoms with Gasteiger partial charge in [0.15, 0.2) is 5.65 Å². The van der Waals surface area contributed by atoms with Crippen LogP contribution in [-0.4, -0.2) is 68.2 Å². The van der Waals surface area contributed by atoms with E-state index in [2.05, 4.69) is 25.7 Å². The van der Waals surface area contributed by atoms with Crippen molar-refractivity contribution in [1.29, 1.82) is 0 Å². The van der Waals surface area contributed by atoms with E-state index in [0.717, 1.165) is 6.42 Å². The second-order valence-corrected chi connectivity index (χ2v) is 8.69. The highest BCUT2D eigenvalue weighted by Crippen LogP contribution is 2.28. The summed E-state index contributed by atoms with van der Waals surface area (Å²) in [5.41, 5.74) is 1.04.